The van der Waals surface area contributed by atoms with Crippen LogP contribution in [0.15, 0.2) is 69.3 Å². The number of rotatable bonds is 5. The Morgan fingerprint density at radius 2 is 1.81 bits per heavy atom. The van der Waals surface area contributed by atoms with Crippen LogP contribution in [0.5, 0.6) is 0 Å². The molecular formula is C29H28F2N4O2. The molecule has 1 N–H and O–H groups in total. The Kier molecular flexibility index (Phi) is 7.03. The van der Waals surface area contributed by atoms with Crippen molar-refractivity contribution < 1.29 is 8.78 Å². The van der Waals surface area contributed by atoms with Crippen LogP contribution in [0, 0.1) is 11.6 Å². The molecule has 4 aromatic rings. The van der Waals surface area contributed by atoms with Gasteiger partial charge in [0.25, 0.3) is 5.56 Å². The number of allylic oxidation sites excluding steroid dienone is 2. The summed E-state index contributed by atoms with van der Waals surface area (Å²) in [6.45, 7) is 7.53. The van der Waals surface area contributed by atoms with E-state index in [0.29, 0.717) is 22.2 Å². The Bertz CT molecular complexity index is 1670. The van der Waals surface area contributed by atoms with Crippen molar-refractivity contribution in [1.82, 2.24) is 14.8 Å². The molecule has 0 bridgehead atoms. The number of benzene rings is 2. The van der Waals surface area contributed by atoms with Gasteiger partial charge in [-0.3, -0.25) is 14.6 Å². The van der Waals surface area contributed by atoms with Crippen molar-refractivity contribution >= 4 is 22.6 Å². The van der Waals surface area contributed by atoms with E-state index in [-0.39, 0.29) is 28.5 Å². The number of halogens is 2. The van der Waals surface area contributed by atoms with Crippen LogP contribution in [0.1, 0.15) is 44.5 Å². The molecule has 4 rings (SSSR count). The molecule has 0 unspecified atom stereocenters. The molecular weight excluding hydrogens is 474 g/mol. The number of nitrogens with zero attached hydrogens (tertiary/aromatic N) is 3. The number of aliphatic imine (C=N–C) groups is 1. The van der Waals surface area contributed by atoms with E-state index in [4.69, 9.17) is 0 Å². The Morgan fingerprint density at radius 3 is 2.46 bits per heavy atom. The number of H-pyrrole nitrogens is 1. The summed E-state index contributed by atoms with van der Waals surface area (Å²) in [6, 6.07) is 10.8. The second-order valence-corrected chi connectivity index (χ2v) is 9.86. The molecule has 0 amide bonds. The summed E-state index contributed by atoms with van der Waals surface area (Å²) < 4.78 is 31.1. The van der Waals surface area contributed by atoms with Crippen molar-refractivity contribution in [3.8, 4) is 11.1 Å². The van der Waals surface area contributed by atoms with E-state index in [1.807, 2.05) is 33.8 Å². The monoisotopic (exact) mass is 502 g/mol. The normalized spacial score (nSPS) is 12.6. The molecule has 2 aromatic carbocycles. The molecule has 0 radical (unpaired) electrons. The summed E-state index contributed by atoms with van der Waals surface area (Å²) in [5.74, 6) is -1.20. The standard InChI is InChI=1S/C29H28F2N4O2/c1-6-17(14-32-5)25-11-20(12-26(36)34-25)18-7-8-19(23(30)10-18)16-35-28(37)27-21(15-33-35)9-22(13-24(27)31)29(2,3)4/h6-15H,16H2,1-5H3,(H,34,36)/b17-6+,32-14-. The van der Waals surface area contributed by atoms with Crippen LogP contribution in [-0.4, -0.2) is 28.0 Å². The van der Waals surface area contributed by atoms with Crippen molar-refractivity contribution in [2.45, 2.75) is 39.7 Å². The molecule has 8 heteroatoms. The number of nitrogens with one attached hydrogen (secondary N) is 1. The highest BCUT2D eigenvalue weighted by atomic mass is 19.1. The fourth-order valence-electron chi connectivity index (χ4n) is 4.14. The van der Waals surface area contributed by atoms with Crippen molar-refractivity contribution in [3.05, 3.63) is 104 Å². The van der Waals surface area contributed by atoms with Crippen molar-refractivity contribution in [2.75, 3.05) is 7.05 Å². The Labute approximate surface area is 213 Å². The largest absolute Gasteiger partial charge is 0.322 e. The second kappa shape index (κ2) is 10.0. The van der Waals surface area contributed by atoms with Crippen LogP contribution < -0.4 is 11.1 Å². The van der Waals surface area contributed by atoms with Gasteiger partial charge >= 0.3 is 0 Å². The first-order chi connectivity index (χ1) is 17.5. The van der Waals surface area contributed by atoms with Crippen LogP contribution in [0.2, 0.25) is 0 Å². The van der Waals surface area contributed by atoms with Gasteiger partial charge in [-0.1, -0.05) is 39.0 Å². The number of aromatic nitrogens is 3. The first-order valence-electron chi connectivity index (χ1n) is 11.8. The zero-order chi connectivity index (χ0) is 26.9. The van der Waals surface area contributed by atoms with E-state index in [0.717, 1.165) is 15.8 Å². The van der Waals surface area contributed by atoms with Crippen LogP contribution >= 0.6 is 0 Å². The summed E-state index contributed by atoms with van der Waals surface area (Å²) in [7, 11) is 1.63. The third-order valence-corrected chi connectivity index (χ3v) is 6.21. The molecule has 0 aliphatic carbocycles. The van der Waals surface area contributed by atoms with E-state index in [2.05, 4.69) is 15.1 Å². The van der Waals surface area contributed by atoms with Gasteiger partial charge in [0.2, 0.25) is 5.56 Å². The van der Waals surface area contributed by atoms with Gasteiger partial charge < -0.3 is 4.98 Å². The molecule has 0 aliphatic rings. The van der Waals surface area contributed by atoms with Crippen LogP contribution in [0.3, 0.4) is 0 Å². The fraction of sp³-hybridized carbons (Fsp3) is 0.241. The smallest absolute Gasteiger partial charge is 0.277 e. The number of hydrogen-bond donors (Lipinski definition) is 1. The molecule has 2 heterocycles. The number of aromatic amines is 1. The molecule has 0 saturated carbocycles. The predicted molar refractivity (Wildman–Crippen MR) is 144 cm³/mol. The predicted octanol–water partition coefficient (Wildman–Crippen LogP) is 5.48. The lowest BCUT2D eigenvalue weighted by Crippen LogP contribution is -2.25. The topological polar surface area (TPSA) is 80.1 Å². The van der Waals surface area contributed by atoms with Crippen LogP contribution in [0.4, 0.5) is 8.78 Å². The maximum absolute atomic E-state index is 15.1. The summed E-state index contributed by atoms with van der Waals surface area (Å²) in [5, 5.41) is 4.49. The molecule has 37 heavy (non-hydrogen) atoms. The van der Waals surface area contributed by atoms with Crippen molar-refractivity contribution in [3.63, 3.8) is 0 Å². The first-order valence-corrected chi connectivity index (χ1v) is 11.8. The molecule has 0 saturated heterocycles. The lowest BCUT2D eigenvalue weighted by molar-refractivity contribution is 0.567. The number of fused-ring (bicyclic) bond motifs is 1. The van der Waals surface area contributed by atoms with Gasteiger partial charge in [0, 0.05) is 35.9 Å². The minimum atomic E-state index is -0.630. The average molecular weight is 503 g/mol. The lowest BCUT2D eigenvalue weighted by atomic mass is 9.86. The van der Waals surface area contributed by atoms with Gasteiger partial charge in [0.05, 0.1) is 23.8 Å². The van der Waals surface area contributed by atoms with Gasteiger partial charge in [0.15, 0.2) is 0 Å². The molecule has 0 aliphatic heterocycles. The Morgan fingerprint density at radius 1 is 1.05 bits per heavy atom. The van der Waals surface area contributed by atoms with Crippen LogP contribution in [0.25, 0.3) is 27.5 Å². The van der Waals surface area contributed by atoms with Gasteiger partial charge in [-0.2, -0.15) is 5.10 Å². The second-order valence-electron chi connectivity index (χ2n) is 9.86. The Hall–Kier alpha value is -4.20. The summed E-state index contributed by atoms with van der Waals surface area (Å²) in [5.41, 5.74) is 2.02. The molecule has 190 valence electrons. The fourth-order valence-corrected chi connectivity index (χ4v) is 4.14. The minimum Gasteiger partial charge on any atom is -0.322 e. The molecule has 2 aromatic heterocycles. The molecule has 0 spiro atoms. The maximum atomic E-state index is 15.1. The average Bonchev–Trinajstić information content (AvgIpc) is 2.84. The summed E-state index contributed by atoms with van der Waals surface area (Å²) in [6.07, 6.45) is 4.87. The number of pyridine rings is 1. The van der Waals surface area contributed by atoms with E-state index in [9.17, 15) is 14.0 Å². The van der Waals surface area contributed by atoms with Gasteiger partial charge in [-0.15, -0.1) is 0 Å². The zero-order valence-corrected chi connectivity index (χ0v) is 21.4. The molecule has 0 fully saturated rings. The third kappa shape index (κ3) is 5.33. The van der Waals surface area contributed by atoms with Gasteiger partial charge in [0.1, 0.15) is 11.6 Å². The Balaban J connectivity index is 1.70. The lowest BCUT2D eigenvalue weighted by Gasteiger charge is -2.19. The van der Waals surface area contributed by atoms with Gasteiger partial charge in [-0.25, -0.2) is 13.5 Å². The van der Waals surface area contributed by atoms with Gasteiger partial charge in [-0.05, 0) is 53.3 Å². The van der Waals surface area contributed by atoms with Crippen molar-refractivity contribution in [2.24, 2.45) is 4.99 Å². The van der Waals surface area contributed by atoms with Crippen LogP contribution in [-0.2, 0) is 12.0 Å². The molecule has 6 nitrogen and oxygen atoms in total. The zero-order valence-electron chi connectivity index (χ0n) is 21.4. The van der Waals surface area contributed by atoms with Crippen molar-refractivity contribution in [1.29, 1.82) is 0 Å². The van der Waals surface area contributed by atoms with E-state index >= 15 is 4.39 Å². The number of hydrogen-bond acceptors (Lipinski definition) is 4. The van der Waals surface area contributed by atoms with E-state index < -0.39 is 17.2 Å². The highest BCUT2D eigenvalue weighted by molar-refractivity contribution is 6.09. The minimum absolute atomic E-state index is 0.0773. The highest BCUT2D eigenvalue weighted by Gasteiger charge is 2.19. The maximum Gasteiger partial charge on any atom is 0.277 e. The highest BCUT2D eigenvalue weighted by Crippen LogP contribution is 2.27. The summed E-state index contributed by atoms with van der Waals surface area (Å²) >= 11 is 0. The van der Waals surface area contributed by atoms with E-state index in [1.165, 1.54) is 30.5 Å². The quantitative estimate of drug-likeness (QED) is 0.367. The van der Waals surface area contributed by atoms with E-state index in [1.54, 1.807) is 31.5 Å². The third-order valence-electron chi connectivity index (χ3n) is 6.21. The SMILES string of the molecule is C/C=C(\C=N/C)c1cc(-c2ccc(Cn3ncc4cc(C(C)(C)C)cc(F)c4c3=O)c(F)c2)cc(=O)[nH]1. The molecule has 0 atom stereocenters. The summed E-state index contributed by atoms with van der Waals surface area (Å²) in [4.78, 5) is 32.0. The first kappa shape index (κ1) is 25.9.